The molecule has 2 saturated heterocycles. The minimum Gasteiger partial charge on any atom is -0.241 e. The minimum absolute atomic E-state index is 0.915. The molecule has 0 spiro atoms. The maximum Gasteiger partial charge on any atom is 0.0207 e. The fourth-order valence-corrected chi connectivity index (χ4v) is 3.61. The molecule has 2 atom stereocenters. The Morgan fingerprint density at radius 3 is 2.27 bits per heavy atom. The second-order valence-electron chi connectivity index (χ2n) is 4.16. The van der Waals surface area contributed by atoms with Crippen LogP contribution in [-0.4, -0.2) is 15.2 Å². The Bertz CT molecular complexity index is 134. The molecular formula is C9H16IN. The van der Waals surface area contributed by atoms with Gasteiger partial charge in [-0.2, -0.15) is 0 Å². The van der Waals surface area contributed by atoms with Crippen molar-refractivity contribution in [1.82, 2.24) is 3.11 Å². The summed E-state index contributed by atoms with van der Waals surface area (Å²) in [5.41, 5.74) is 0. The Labute approximate surface area is 83.0 Å². The van der Waals surface area contributed by atoms with Gasteiger partial charge in [0.2, 0.25) is 0 Å². The molecule has 0 amide bonds. The summed E-state index contributed by atoms with van der Waals surface area (Å²) in [5, 5.41) is 0. The topological polar surface area (TPSA) is 3.24 Å². The van der Waals surface area contributed by atoms with Gasteiger partial charge in [-0.15, -0.1) is 0 Å². The standard InChI is InChI=1S/C9H16IN/c1-7-5-8-3-2-4-9(6-7)11(8)10/h7-9H,2-6H2,1H3. The molecule has 0 saturated carbocycles. The molecule has 0 aromatic heterocycles. The number of fused-ring (bicyclic) bond motifs is 2. The fourth-order valence-electron chi connectivity index (χ4n) is 2.60. The molecule has 2 heteroatoms. The predicted octanol–water partition coefficient (Wildman–Crippen LogP) is 2.99. The van der Waals surface area contributed by atoms with Crippen LogP contribution in [0.5, 0.6) is 0 Å². The monoisotopic (exact) mass is 265 g/mol. The Morgan fingerprint density at radius 1 is 1.18 bits per heavy atom. The van der Waals surface area contributed by atoms with E-state index in [4.69, 9.17) is 0 Å². The summed E-state index contributed by atoms with van der Waals surface area (Å²) in [7, 11) is 0. The summed E-state index contributed by atoms with van der Waals surface area (Å²) in [6, 6.07) is 1.83. The molecule has 0 aromatic carbocycles. The third-order valence-corrected chi connectivity index (χ3v) is 4.70. The van der Waals surface area contributed by atoms with Crippen LogP contribution in [0.3, 0.4) is 0 Å². The first-order valence-electron chi connectivity index (χ1n) is 4.71. The van der Waals surface area contributed by atoms with E-state index < -0.39 is 0 Å². The van der Waals surface area contributed by atoms with E-state index in [-0.39, 0.29) is 0 Å². The van der Waals surface area contributed by atoms with Gasteiger partial charge in [0.15, 0.2) is 0 Å². The van der Waals surface area contributed by atoms with Crippen LogP contribution in [0.15, 0.2) is 0 Å². The van der Waals surface area contributed by atoms with Gasteiger partial charge in [-0.05, 0) is 31.6 Å². The van der Waals surface area contributed by atoms with E-state index in [1.807, 2.05) is 0 Å². The zero-order chi connectivity index (χ0) is 7.84. The van der Waals surface area contributed by atoms with Gasteiger partial charge >= 0.3 is 0 Å². The number of halogens is 1. The van der Waals surface area contributed by atoms with Gasteiger partial charge in [0.1, 0.15) is 0 Å². The Hall–Kier alpha value is 0.690. The summed E-state index contributed by atoms with van der Waals surface area (Å²) >= 11 is 2.54. The second kappa shape index (κ2) is 3.21. The fraction of sp³-hybridized carbons (Fsp3) is 1.00. The zero-order valence-corrected chi connectivity index (χ0v) is 9.25. The van der Waals surface area contributed by atoms with E-state index in [0.717, 1.165) is 18.0 Å². The first-order chi connectivity index (χ1) is 5.27. The Morgan fingerprint density at radius 2 is 1.73 bits per heavy atom. The lowest BCUT2D eigenvalue weighted by molar-refractivity contribution is 0.120. The molecule has 0 radical (unpaired) electrons. The number of hydrogen-bond acceptors (Lipinski definition) is 1. The van der Waals surface area contributed by atoms with E-state index in [1.165, 1.54) is 32.1 Å². The lowest BCUT2D eigenvalue weighted by Crippen LogP contribution is -2.45. The smallest absolute Gasteiger partial charge is 0.0207 e. The minimum atomic E-state index is 0.915. The van der Waals surface area contributed by atoms with Crippen molar-refractivity contribution < 1.29 is 0 Å². The number of hydrogen-bond donors (Lipinski definition) is 0. The van der Waals surface area contributed by atoms with Crippen LogP contribution in [0.4, 0.5) is 0 Å². The van der Waals surface area contributed by atoms with Crippen LogP contribution in [0, 0.1) is 5.92 Å². The van der Waals surface area contributed by atoms with Crippen molar-refractivity contribution in [3.63, 3.8) is 0 Å². The predicted molar refractivity (Wildman–Crippen MR) is 55.7 cm³/mol. The molecule has 0 aromatic rings. The van der Waals surface area contributed by atoms with Crippen molar-refractivity contribution in [2.45, 2.75) is 51.1 Å². The third kappa shape index (κ3) is 1.57. The molecule has 11 heavy (non-hydrogen) atoms. The molecule has 2 unspecified atom stereocenters. The van der Waals surface area contributed by atoms with Crippen molar-refractivity contribution in [3.05, 3.63) is 0 Å². The summed E-state index contributed by atoms with van der Waals surface area (Å²) < 4.78 is 2.60. The maximum absolute atomic E-state index is 2.60. The van der Waals surface area contributed by atoms with Crippen molar-refractivity contribution in [1.29, 1.82) is 0 Å². The normalized spacial score (nSPS) is 45.8. The Kier molecular flexibility index (Phi) is 2.42. The number of nitrogens with zero attached hydrogens (tertiary/aromatic N) is 1. The molecule has 1 nitrogen and oxygen atoms in total. The van der Waals surface area contributed by atoms with Crippen LogP contribution in [0.1, 0.15) is 39.0 Å². The second-order valence-corrected chi connectivity index (χ2v) is 5.27. The van der Waals surface area contributed by atoms with Crippen LogP contribution in [0.2, 0.25) is 0 Å². The van der Waals surface area contributed by atoms with Gasteiger partial charge in [-0.25, -0.2) is 3.11 Å². The van der Waals surface area contributed by atoms with Gasteiger partial charge in [0.25, 0.3) is 0 Å². The van der Waals surface area contributed by atoms with Gasteiger partial charge in [-0.1, -0.05) is 13.3 Å². The molecule has 2 heterocycles. The van der Waals surface area contributed by atoms with Crippen molar-refractivity contribution in [3.8, 4) is 0 Å². The molecule has 2 aliphatic rings. The highest BCUT2D eigenvalue weighted by atomic mass is 127. The van der Waals surface area contributed by atoms with E-state index >= 15 is 0 Å². The number of piperidine rings is 2. The highest BCUT2D eigenvalue weighted by molar-refractivity contribution is 14.1. The highest BCUT2D eigenvalue weighted by Crippen LogP contribution is 2.38. The first-order valence-corrected chi connectivity index (χ1v) is 5.68. The van der Waals surface area contributed by atoms with E-state index in [1.54, 1.807) is 0 Å². The lowest BCUT2D eigenvalue weighted by Gasteiger charge is -2.44. The first kappa shape index (κ1) is 8.30. The molecular weight excluding hydrogens is 249 g/mol. The molecule has 2 fully saturated rings. The van der Waals surface area contributed by atoms with Gasteiger partial charge < -0.3 is 0 Å². The summed E-state index contributed by atoms with van der Waals surface area (Å²) in [5.74, 6) is 0.983. The lowest BCUT2D eigenvalue weighted by atomic mass is 9.81. The molecule has 0 N–H and O–H groups in total. The van der Waals surface area contributed by atoms with Gasteiger partial charge in [0, 0.05) is 34.9 Å². The van der Waals surface area contributed by atoms with Crippen molar-refractivity contribution in [2.24, 2.45) is 5.92 Å². The zero-order valence-electron chi connectivity index (χ0n) is 7.09. The molecule has 2 bridgehead atoms. The largest absolute Gasteiger partial charge is 0.241 e. The van der Waals surface area contributed by atoms with Crippen molar-refractivity contribution >= 4 is 22.9 Å². The van der Waals surface area contributed by atoms with Crippen LogP contribution < -0.4 is 0 Å². The van der Waals surface area contributed by atoms with E-state index in [0.29, 0.717) is 0 Å². The van der Waals surface area contributed by atoms with E-state index in [9.17, 15) is 0 Å². The Balaban J connectivity index is 2.07. The third-order valence-electron chi connectivity index (χ3n) is 3.12. The summed E-state index contributed by atoms with van der Waals surface area (Å²) in [6.45, 7) is 2.41. The molecule has 2 aliphatic heterocycles. The van der Waals surface area contributed by atoms with Gasteiger partial charge in [0.05, 0.1) is 0 Å². The van der Waals surface area contributed by atoms with Crippen molar-refractivity contribution in [2.75, 3.05) is 0 Å². The van der Waals surface area contributed by atoms with Crippen LogP contribution >= 0.6 is 22.9 Å². The highest BCUT2D eigenvalue weighted by Gasteiger charge is 2.35. The maximum atomic E-state index is 2.60. The average molecular weight is 265 g/mol. The quantitative estimate of drug-likeness (QED) is 0.480. The molecule has 0 aliphatic carbocycles. The average Bonchev–Trinajstić information content (AvgIpc) is 1.92. The van der Waals surface area contributed by atoms with Crippen LogP contribution in [0.25, 0.3) is 0 Å². The summed E-state index contributed by atoms with van der Waals surface area (Å²) in [6.07, 6.45) is 7.26. The summed E-state index contributed by atoms with van der Waals surface area (Å²) in [4.78, 5) is 0. The van der Waals surface area contributed by atoms with E-state index in [2.05, 4.69) is 32.9 Å². The number of rotatable bonds is 0. The molecule has 2 rings (SSSR count). The molecule has 64 valence electrons. The van der Waals surface area contributed by atoms with Crippen LogP contribution in [-0.2, 0) is 0 Å². The van der Waals surface area contributed by atoms with Gasteiger partial charge in [-0.3, -0.25) is 0 Å². The SMILES string of the molecule is CC1CC2CCCC(C1)N2I.